The minimum Gasteiger partial charge on any atom is -0.494 e. The molecule has 6 heteroatoms. The van der Waals surface area contributed by atoms with Crippen LogP contribution in [0.3, 0.4) is 0 Å². The fourth-order valence-electron chi connectivity index (χ4n) is 2.11. The standard InChI is InChI=1S/C14H10BrFN2OS/c1-19-13-7-12-11(6-10(13)16)17-14(20)18(12)9-4-2-8(15)3-5-9/h2-7H,1H3,(H,17,20). The quantitative estimate of drug-likeness (QED) is 0.683. The molecule has 1 heterocycles. The van der Waals surface area contributed by atoms with Crippen LogP contribution in [0.25, 0.3) is 16.7 Å². The van der Waals surface area contributed by atoms with Crippen LogP contribution in [-0.2, 0) is 0 Å². The Morgan fingerprint density at radius 1 is 1.25 bits per heavy atom. The molecule has 2 aromatic carbocycles. The average molecular weight is 353 g/mol. The molecule has 0 aliphatic rings. The maximum Gasteiger partial charge on any atom is 0.182 e. The third-order valence-electron chi connectivity index (χ3n) is 3.04. The maximum atomic E-state index is 13.7. The van der Waals surface area contributed by atoms with E-state index in [1.165, 1.54) is 13.2 Å². The van der Waals surface area contributed by atoms with Crippen molar-refractivity contribution in [2.45, 2.75) is 0 Å². The molecular weight excluding hydrogens is 343 g/mol. The van der Waals surface area contributed by atoms with Gasteiger partial charge < -0.3 is 9.72 Å². The third-order valence-corrected chi connectivity index (χ3v) is 3.85. The highest BCUT2D eigenvalue weighted by molar-refractivity contribution is 9.10. The van der Waals surface area contributed by atoms with E-state index in [0.29, 0.717) is 10.3 Å². The molecule has 1 aromatic heterocycles. The molecule has 0 amide bonds. The predicted octanol–water partition coefficient (Wildman–Crippen LogP) is 4.60. The van der Waals surface area contributed by atoms with Gasteiger partial charge in [-0.15, -0.1) is 0 Å². The first-order chi connectivity index (χ1) is 9.60. The smallest absolute Gasteiger partial charge is 0.182 e. The molecular formula is C14H10BrFN2OS. The summed E-state index contributed by atoms with van der Waals surface area (Å²) in [4.78, 5) is 3.00. The molecule has 0 aliphatic carbocycles. The number of aromatic nitrogens is 2. The monoisotopic (exact) mass is 352 g/mol. The summed E-state index contributed by atoms with van der Waals surface area (Å²) in [6.45, 7) is 0. The largest absolute Gasteiger partial charge is 0.494 e. The Bertz CT molecular complexity index is 839. The van der Waals surface area contributed by atoms with Crippen LogP contribution in [-0.4, -0.2) is 16.7 Å². The first kappa shape index (κ1) is 13.3. The number of halogens is 2. The van der Waals surface area contributed by atoms with E-state index in [0.717, 1.165) is 15.7 Å². The number of ether oxygens (including phenoxy) is 1. The molecule has 3 aromatic rings. The van der Waals surface area contributed by atoms with Gasteiger partial charge in [-0.3, -0.25) is 4.57 Å². The van der Waals surface area contributed by atoms with Gasteiger partial charge in [0.15, 0.2) is 16.3 Å². The summed E-state index contributed by atoms with van der Waals surface area (Å²) in [5, 5.41) is 0. The van der Waals surface area contributed by atoms with E-state index in [2.05, 4.69) is 20.9 Å². The molecule has 0 bridgehead atoms. The molecule has 3 rings (SSSR count). The molecule has 0 spiro atoms. The number of hydrogen-bond acceptors (Lipinski definition) is 2. The van der Waals surface area contributed by atoms with Gasteiger partial charge in [0.25, 0.3) is 0 Å². The van der Waals surface area contributed by atoms with Crippen LogP contribution in [0, 0.1) is 10.6 Å². The Morgan fingerprint density at radius 2 is 1.95 bits per heavy atom. The predicted molar refractivity (Wildman–Crippen MR) is 82.7 cm³/mol. The second-order valence-electron chi connectivity index (χ2n) is 4.25. The Hall–Kier alpha value is -1.66. The molecule has 3 nitrogen and oxygen atoms in total. The van der Waals surface area contributed by atoms with Crippen LogP contribution in [0.1, 0.15) is 0 Å². The molecule has 0 fully saturated rings. The zero-order valence-electron chi connectivity index (χ0n) is 10.5. The number of rotatable bonds is 2. The van der Waals surface area contributed by atoms with Crippen molar-refractivity contribution in [3.8, 4) is 11.4 Å². The maximum absolute atomic E-state index is 13.7. The van der Waals surface area contributed by atoms with Gasteiger partial charge in [-0.05, 0) is 36.5 Å². The van der Waals surface area contributed by atoms with Crippen molar-refractivity contribution in [1.29, 1.82) is 0 Å². The summed E-state index contributed by atoms with van der Waals surface area (Å²) < 4.78 is 22.1. The van der Waals surface area contributed by atoms with Crippen LogP contribution in [0.15, 0.2) is 40.9 Å². The zero-order valence-corrected chi connectivity index (χ0v) is 12.9. The van der Waals surface area contributed by atoms with Crippen molar-refractivity contribution >= 4 is 39.2 Å². The normalized spacial score (nSPS) is 10.9. The molecule has 0 radical (unpaired) electrons. The van der Waals surface area contributed by atoms with E-state index in [1.54, 1.807) is 6.07 Å². The van der Waals surface area contributed by atoms with Crippen molar-refractivity contribution < 1.29 is 9.13 Å². The van der Waals surface area contributed by atoms with Gasteiger partial charge in [-0.2, -0.15) is 0 Å². The van der Waals surface area contributed by atoms with Gasteiger partial charge in [0, 0.05) is 22.3 Å². The molecule has 0 atom stereocenters. The lowest BCUT2D eigenvalue weighted by molar-refractivity contribution is 0.387. The van der Waals surface area contributed by atoms with Gasteiger partial charge in [0.1, 0.15) is 0 Å². The SMILES string of the molecule is COc1cc2c(cc1F)[nH]c(=S)n2-c1ccc(Br)cc1. The highest BCUT2D eigenvalue weighted by Gasteiger charge is 2.11. The number of benzene rings is 2. The van der Waals surface area contributed by atoms with E-state index in [4.69, 9.17) is 17.0 Å². The number of H-pyrrole nitrogens is 1. The van der Waals surface area contributed by atoms with Gasteiger partial charge >= 0.3 is 0 Å². The first-order valence-corrected chi connectivity index (χ1v) is 7.04. The number of nitrogens with zero attached hydrogens (tertiary/aromatic N) is 1. The minimum atomic E-state index is -0.417. The van der Waals surface area contributed by atoms with Crippen LogP contribution in [0.4, 0.5) is 4.39 Å². The van der Waals surface area contributed by atoms with E-state index in [1.807, 2.05) is 28.8 Å². The Balaban J connectivity index is 2.32. The van der Waals surface area contributed by atoms with Crippen molar-refractivity contribution in [2.24, 2.45) is 0 Å². The molecule has 20 heavy (non-hydrogen) atoms. The summed E-state index contributed by atoms with van der Waals surface area (Å²) in [6, 6.07) is 10.7. The molecule has 0 saturated carbocycles. The third kappa shape index (κ3) is 2.14. The molecule has 1 N–H and O–H groups in total. The van der Waals surface area contributed by atoms with Crippen LogP contribution in [0.2, 0.25) is 0 Å². The van der Waals surface area contributed by atoms with Gasteiger partial charge in [0.2, 0.25) is 0 Å². The number of nitrogens with one attached hydrogen (secondary N) is 1. The van der Waals surface area contributed by atoms with Crippen molar-refractivity contribution in [3.63, 3.8) is 0 Å². The molecule has 0 aliphatic heterocycles. The lowest BCUT2D eigenvalue weighted by Crippen LogP contribution is -1.95. The Morgan fingerprint density at radius 3 is 2.60 bits per heavy atom. The highest BCUT2D eigenvalue weighted by atomic mass is 79.9. The summed E-state index contributed by atoms with van der Waals surface area (Å²) in [6.07, 6.45) is 0. The topological polar surface area (TPSA) is 29.9 Å². The summed E-state index contributed by atoms with van der Waals surface area (Å²) in [7, 11) is 1.44. The average Bonchev–Trinajstić information content (AvgIpc) is 2.74. The molecule has 102 valence electrons. The van der Waals surface area contributed by atoms with Gasteiger partial charge in [-0.25, -0.2) is 4.39 Å². The molecule has 0 saturated heterocycles. The highest BCUT2D eigenvalue weighted by Crippen LogP contribution is 2.27. The number of imidazole rings is 1. The minimum absolute atomic E-state index is 0.192. The van der Waals surface area contributed by atoms with Crippen LogP contribution >= 0.6 is 28.1 Å². The summed E-state index contributed by atoms with van der Waals surface area (Å²) >= 11 is 8.72. The number of fused-ring (bicyclic) bond motifs is 1. The Labute approximate surface area is 128 Å². The van der Waals surface area contributed by atoms with E-state index in [9.17, 15) is 4.39 Å². The fraction of sp³-hybridized carbons (Fsp3) is 0.0714. The van der Waals surface area contributed by atoms with E-state index < -0.39 is 5.82 Å². The van der Waals surface area contributed by atoms with Crippen LogP contribution in [0.5, 0.6) is 5.75 Å². The van der Waals surface area contributed by atoms with Gasteiger partial charge in [0.05, 0.1) is 18.1 Å². The zero-order chi connectivity index (χ0) is 14.3. The fourth-order valence-corrected chi connectivity index (χ4v) is 2.69. The van der Waals surface area contributed by atoms with Crippen molar-refractivity contribution in [2.75, 3.05) is 7.11 Å². The van der Waals surface area contributed by atoms with Crippen LogP contribution < -0.4 is 4.74 Å². The number of hydrogen-bond donors (Lipinski definition) is 1. The first-order valence-electron chi connectivity index (χ1n) is 5.84. The second-order valence-corrected chi connectivity index (χ2v) is 5.55. The van der Waals surface area contributed by atoms with E-state index >= 15 is 0 Å². The Kier molecular flexibility index (Phi) is 3.35. The number of methoxy groups -OCH3 is 1. The lowest BCUT2D eigenvalue weighted by Gasteiger charge is -2.06. The lowest BCUT2D eigenvalue weighted by atomic mass is 10.2. The summed E-state index contributed by atoms with van der Waals surface area (Å²) in [5.74, 6) is -0.225. The number of aromatic amines is 1. The summed E-state index contributed by atoms with van der Waals surface area (Å²) in [5.41, 5.74) is 2.31. The van der Waals surface area contributed by atoms with Gasteiger partial charge in [-0.1, -0.05) is 15.9 Å². The van der Waals surface area contributed by atoms with Crippen molar-refractivity contribution in [1.82, 2.24) is 9.55 Å². The molecule has 0 unspecified atom stereocenters. The van der Waals surface area contributed by atoms with Crippen molar-refractivity contribution in [3.05, 3.63) is 51.5 Å². The second kappa shape index (κ2) is 5.03. The van der Waals surface area contributed by atoms with E-state index in [-0.39, 0.29) is 5.75 Å².